The van der Waals surface area contributed by atoms with Gasteiger partial charge in [-0.2, -0.15) is 13.2 Å². The topological polar surface area (TPSA) is 66.7 Å². The van der Waals surface area contributed by atoms with Gasteiger partial charge < -0.3 is 9.80 Å². The van der Waals surface area contributed by atoms with E-state index >= 15 is 0 Å². The van der Waals surface area contributed by atoms with Crippen LogP contribution in [0.25, 0.3) is 0 Å². The summed E-state index contributed by atoms with van der Waals surface area (Å²) in [6.07, 6.45) is 1.66. The van der Waals surface area contributed by atoms with Crippen molar-refractivity contribution < 1.29 is 22.9 Å². The number of rotatable bonds is 4. The second-order valence-corrected chi connectivity index (χ2v) is 7.53. The summed E-state index contributed by atoms with van der Waals surface area (Å²) in [7, 11) is 0. The Hall–Kier alpha value is -2.32. The lowest BCUT2D eigenvalue weighted by molar-refractivity contribution is -0.384. The first-order valence-electron chi connectivity index (χ1n) is 9.64. The number of piperazine rings is 1. The largest absolute Gasteiger partial charge is 0.416 e. The highest BCUT2D eigenvalue weighted by molar-refractivity contribution is 5.77. The normalized spacial score (nSPS) is 19.0. The summed E-state index contributed by atoms with van der Waals surface area (Å²) in [5.74, 6) is 0.545. The standard InChI is InChI=1S/C19H24F3N3O3/c20-19(21,22)15-6-7-16(17(13-15)25(27)28)23-8-10-24(11-9-23)18(26)12-14-4-2-1-3-5-14/h6-7,13-14H,1-5,8-12H2. The third-order valence-electron chi connectivity index (χ3n) is 5.66. The molecule has 1 aromatic carbocycles. The van der Waals surface area contributed by atoms with Crippen LogP contribution in [0.4, 0.5) is 24.5 Å². The molecule has 1 heterocycles. The Morgan fingerprint density at radius 2 is 1.75 bits per heavy atom. The molecule has 154 valence electrons. The Balaban J connectivity index is 1.64. The number of benzene rings is 1. The number of hydrogen-bond donors (Lipinski definition) is 0. The molecule has 9 heteroatoms. The molecule has 0 unspecified atom stereocenters. The van der Waals surface area contributed by atoms with Gasteiger partial charge in [0.2, 0.25) is 5.91 Å². The van der Waals surface area contributed by atoms with Crippen molar-refractivity contribution in [1.29, 1.82) is 0 Å². The fraction of sp³-hybridized carbons (Fsp3) is 0.632. The molecular weight excluding hydrogens is 375 g/mol. The SMILES string of the molecule is O=C(CC1CCCCC1)N1CCN(c2ccc(C(F)(F)F)cc2[N+](=O)[O-])CC1. The van der Waals surface area contributed by atoms with Gasteiger partial charge in [0.1, 0.15) is 5.69 Å². The smallest absolute Gasteiger partial charge is 0.362 e. The van der Waals surface area contributed by atoms with E-state index in [9.17, 15) is 28.1 Å². The van der Waals surface area contributed by atoms with Crippen LogP contribution in [0.2, 0.25) is 0 Å². The van der Waals surface area contributed by atoms with E-state index in [2.05, 4.69) is 0 Å². The summed E-state index contributed by atoms with van der Waals surface area (Å²) in [4.78, 5) is 26.5. The van der Waals surface area contributed by atoms with Crippen molar-refractivity contribution >= 4 is 17.3 Å². The zero-order valence-electron chi connectivity index (χ0n) is 15.6. The third-order valence-corrected chi connectivity index (χ3v) is 5.66. The molecule has 1 saturated carbocycles. The average molecular weight is 399 g/mol. The van der Waals surface area contributed by atoms with E-state index in [1.807, 2.05) is 0 Å². The number of nitro groups is 1. The third kappa shape index (κ3) is 4.74. The Labute approximate surface area is 161 Å². The van der Waals surface area contributed by atoms with Crippen LogP contribution >= 0.6 is 0 Å². The summed E-state index contributed by atoms with van der Waals surface area (Å²) in [5, 5.41) is 11.3. The van der Waals surface area contributed by atoms with Crippen LogP contribution in [0, 0.1) is 16.0 Å². The zero-order valence-corrected chi connectivity index (χ0v) is 15.6. The van der Waals surface area contributed by atoms with Gasteiger partial charge in [-0.15, -0.1) is 0 Å². The molecule has 3 rings (SSSR count). The van der Waals surface area contributed by atoms with Crippen molar-refractivity contribution in [2.24, 2.45) is 5.92 Å². The van der Waals surface area contributed by atoms with Gasteiger partial charge in [0.05, 0.1) is 10.5 Å². The molecular formula is C19H24F3N3O3. The minimum absolute atomic E-state index is 0.105. The van der Waals surface area contributed by atoms with Crippen LogP contribution in [0.3, 0.4) is 0 Å². The fourth-order valence-electron chi connectivity index (χ4n) is 4.08. The highest BCUT2D eigenvalue weighted by Gasteiger charge is 2.34. The maximum atomic E-state index is 12.9. The second kappa shape index (κ2) is 8.36. The quantitative estimate of drug-likeness (QED) is 0.561. The van der Waals surface area contributed by atoms with Crippen LogP contribution < -0.4 is 4.90 Å². The molecule has 0 N–H and O–H groups in total. The van der Waals surface area contributed by atoms with Gasteiger partial charge in [0.25, 0.3) is 5.69 Å². The number of hydrogen-bond acceptors (Lipinski definition) is 4. The molecule has 1 amide bonds. The van der Waals surface area contributed by atoms with E-state index in [0.29, 0.717) is 44.6 Å². The van der Waals surface area contributed by atoms with Gasteiger partial charge in [-0.25, -0.2) is 0 Å². The maximum absolute atomic E-state index is 12.9. The number of alkyl halides is 3. The van der Waals surface area contributed by atoms with Crippen molar-refractivity contribution in [3.63, 3.8) is 0 Å². The van der Waals surface area contributed by atoms with Gasteiger partial charge in [-0.1, -0.05) is 19.3 Å². The highest BCUT2D eigenvalue weighted by Crippen LogP contribution is 2.37. The van der Waals surface area contributed by atoms with Gasteiger partial charge >= 0.3 is 6.18 Å². The van der Waals surface area contributed by atoms with Crippen molar-refractivity contribution in [2.45, 2.75) is 44.7 Å². The summed E-state index contributed by atoms with van der Waals surface area (Å²) in [6, 6.07) is 2.60. The molecule has 2 aliphatic rings. The van der Waals surface area contributed by atoms with Gasteiger partial charge in [-0.05, 0) is 30.9 Å². The maximum Gasteiger partial charge on any atom is 0.416 e. The lowest BCUT2D eigenvalue weighted by Crippen LogP contribution is -2.49. The molecule has 1 saturated heterocycles. The predicted molar refractivity (Wildman–Crippen MR) is 98.1 cm³/mol. The number of carbonyl (C=O) groups is 1. The van der Waals surface area contributed by atoms with Crippen LogP contribution in [0.5, 0.6) is 0 Å². The summed E-state index contributed by atoms with van der Waals surface area (Å²) in [5.41, 5.74) is -1.43. The van der Waals surface area contributed by atoms with Gasteiger partial charge in [-0.3, -0.25) is 14.9 Å². The van der Waals surface area contributed by atoms with E-state index in [0.717, 1.165) is 25.0 Å². The number of carbonyl (C=O) groups excluding carboxylic acids is 1. The molecule has 1 aromatic rings. The second-order valence-electron chi connectivity index (χ2n) is 7.53. The molecule has 1 aliphatic carbocycles. The Morgan fingerprint density at radius 1 is 1.11 bits per heavy atom. The average Bonchev–Trinajstić information content (AvgIpc) is 2.67. The minimum Gasteiger partial charge on any atom is -0.362 e. The van der Waals surface area contributed by atoms with E-state index in [1.165, 1.54) is 19.3 Å². The van der Waals surface area contributed by atoms with Gasteiger partial charge in [0.15, 0.2) is 0 Å². The van der Waals surface area contributed by atoms with E-state index in [-0.39, 0.29) is 11.6 Å². The van der Waals surface area contributed by atoms with Crippen LogP contribution in [0.1, 0.15) is 44.1 Å². The molecule has 0 aromatic heterocycles. The molecule has 0 radical (unpaired) electrons. The van der Waals surface area contributed by atoms with Crippen LogP contribution in [-0.2, 0) is 11.0 Å². The van der Waals surface area contributed by atoms with E-state index in [4.69, 9.17) is 0 Å². The predicted octanol–water partition coefficient (Wildman–Crippen LogP) is 4.23. The first kappa shape index (κ1) is 20.4. The van der Waals surface area contributed by atoms with E-state index in [1.54, 1.807) is 9.80 Å². The van der Waals surface area contributed by atoms with Crippen LogP contribution in [0.15, 0.2) is 18.2 Å². The van der Waals surface area contributed by atoms with Crippen molar-refractivity contribution in [1.82, 2.24) is 4.90 Å². The molecule has 0 bridgehead atoms. The fourth-order valence-corrected chi connectivity index (χ4v) is 4.08. The monoisotopic (exact) mass is 399 g/mol. The number of amides is 1. The lowest BCUT2D eigenvalue weighted by atomic mass is 9.86. The zero-order chi connectivity index (χ0) is 20.3. The van der Waals surface area contributed by atoms with Crippen molar-refractivity contribution in [2.75, 3.05) is 31.1 Å². The molecule has 0 atom stereocenters. The van der Waals surface area contributed by atoms with Crippen LogP contribution in [-0.4, -0.2) is 41.9 Å². The molecule has 1 aliphatic heterocycles. The number of halogens is 3. The molecule has 2 fully saturated rings. The summed E-state index contributed by atoms with van der Waals surface area (Å²) < 4.78 is 38.6. The number of nitro benzene ring substituents is 1. The Bertz CT molecular complexity index is 725. The summed E-state index contributed by atoms with van der Waals surface area (Å²) in [6.45, 7) is 1.57. The van der Waals surface area contributed by atoms with Gasteiger partial charge in [0, 0.05) is 38.7 Å². The number of anilines is 1. The highest BCUT2D eigenvalue weighted by atomic mass is 19.4. The van der Waals surface area contributed by atoms with E-state index < -0.39 is 22.4 Å². The minimum atomic E-state index is -4.63. The first-order chi connectivity index (χ1) is 13.3. The number of nitrogens with zero attached hydrogens (tertiary/aromatic N) is 3. The lowest BCUT2D eigenvalue weighted by Gasteiger charge is -2.36. The Morgan fingerprint density at radius 3 is 2.32 bits per heavy atom. The molecule has 0 spiro atoms. The molecule has 28 heavy (non-hydrogen) atoms. The Kier molecular flexibility index (Phi) is 6.10. The van der Waals surface area contributed by atoms with Crippen molar-refractivity contribution in [3.8, 4) is 0 Å². The van der Waals surface area contributed by atoms with Crippen molar-refractivity contribution in [3.05, 3.63) is 33.9 Å². The summed E-state index contributed by atoms with van der Waals surface area (Å²) >= 11 is 0. The molecule has 6 nitrogen and oxygen atoms in total. The first-order valence-corrected chi connectivity index (χ1v) is 9.64.